The summed E-state index contributed by atoms with van der Waals surface area (Å²) in [6.45, 7) is 2.74. The molecule has 0 bridgehead atoms. The predicted octanol–water partition coefficient (Wildman–Crippen LogP) is 3.60. The Morgan fingerprint density at radius 1 is 1.30 bits per heavy atom. The molecule has 6 heteroatoms. The topological polar surface area (TPSA) is 32.7 Å². The van der Waals surface area contributed by atoms with Gasteiger partial charge in [-0.15, -0.1) is 11.3 Å². The molecule has 0 aliphatic heterocycles. The van der Waals surface area contributed by atoms with Gasteiger partial charge >= 0.3 is 0 Å². The van der Waals surface area contributed by atoms with Crippen molar-refractivity contribution in [3.05, 3.63) is 57.8 Å². The molecule has 0 saturated heterocycles. The molecule has 23 heavy (non-hydrogen) atoms. The molecule has 0 spiro atoms. The highest BCUT2D eigenvalue weighted by atomic mass is 32.1. The molecule has 1 N–H and O–H groups in total. The summed E-state index contributed by atoms with van der Waals surface area (Å²) < 4.78 is 32.5. The van der Waals surface area contributed by atoms with Crippen LogP contribution in [0.1, 0.15) is 23.4 Å². The van der Waals surface area contributed by atoms with Crippen LogP contribution in [0.5, 0.6) is 0 Å². The fraction of sp³-hybridized carbons (Fsp3) is 0.412. The average Bonchev–Trinajstić information content (AvgIpc) is 3.02. The maximum Gasteiger partial charge on any atom is 0.128 e. The first-order chi connectivity index (χ1) is 11.0. The van der Waals surface area contributed by atoms with Gasteiger partial charge in [-0.2, -0.15) is 0 Å². The largest absolute Gasteiger partial charge is 0.389 e. The number of hydrogen-bond donors (Lipinski definition) is 1. The Labute approximate surface area is 139 Å². The van der Waals surface area contributed by atoms with Crippen LogP contribution in [0.2, 0.25) is 0 Å². The molecule has 126 valence electrons. The molecule has 2 rings (SSSR count). The molecule has 2 aromatic rings. The van der Waals surface area contributed by atoms with E-state index in [1.807, 2.05) is 17.5 Å². The highest BCUT2D eigenvalue weighted by Crippen LogP contribution is 2.23. The van der Waals surface area contributed by atoms with E-state index < -0.39 is 17.7 Å². The van der Waals surface area contributed by atoms with Crippen molar-refractivity contribution in [2.45, 2.75) is 25.7 Å². The zero-order chi connectivity index (χ0) is 16.8. The van der Waals surface area contributed by atoms with Crippen molar-refractivity contribution in [2.75, 3.05) is 20.2 Å². The number of likely N-dealkylation sites (N-methyl/N-ethyl adjacent to an activating group) is 1. The fourth-order valence-corrected chi connectivity index (χ4v) is 2.95. The molecular weight excluding hydrogens is 320 g/mol. The maximum atomic E-state index is 13.8. The van der Waals surface area contributed by atoms with Gasteiger partial charge in [0.05, 0.1) is 19.3 Å². The number of ether oxygens (including phenoxy) is 1. The molecule has 1 aromatic heterocycles. The number of aliphatic hydroxyl groups excluding tert-OH is 1. The first-order valence-corrected chi connectivity index (χ1v) is 8.28. The van der Waals surface area contributed by atoms with Crippen LogP contribution in [0.3, 0.4) is 0 Å². The fourth-order valence-electron chi connectivity index (χ4n) is 2.31. The first-order valence-electron chi connectivity index (χ1n) is 7.40. The van der Waals surface area contributed by atoms with Crippen LogP contribution in [0, 0.1) is 11.6 Å². The van der Waals surface area contributed by atoms with Gasteiger partial charge in [-0.05, 0) is 43.6 Å². The molecule has 0 aliphatic rings. The molecule has 2 atom stereocenters. The second-order valence-corrected chi connectivity index (χ2v) is 6.56. The van der Waals surface area contributed by atoms with Gasteiger partial charge in [0.15, 0.2) is 0 Å². The Bertz CT molecular complexity index is 607. The number of benzene rings is 1. The third-order valence-corrected chi connectivity index (χ3v) is 4.55. The van der Waals surface area contributed by atoms with Gasteiger partial charge in [0.1, 0.15) is 11.6 Å². The van der Waals surface area contributed by atoms with Crippen molar-refractivity contribution in [3.8, 4) is 0 Å². The summed E-state index contributed by atoms with van der Waals surface area (Å²) in [5.74, 6) is -0.921. The van der Waals surface area contributed by atoms with E-state index >= 15 is 0 Å². The molecule has 0 fully saturated rings. The minimum absolute atomic E-state index is 0.195. The normalized spacial score (nSPS) is 14.2. The van der Waals surface area contributed by atoms with Gasteiger partial charge in [0, 0.05) is 23.0 Å². The lowest BCUT2D eigenvalue weighted by Gasteiger charge is -2.27. The molecule has 0 amide bonds. The van der Waals surface area contributed by atoms with E-state index in [0.717, 1.165) is 17.0 Å². The average molecular weight is 341 g/mol. The molecule has 3 nitrogen and oxygen atoms in total. The minimum atomic E-state index is -0.695. The molecule has 0 saturated carbocycles. The van der Waals surface area contributed by atoms with Crippen LogP contribution in [0.15, 0.2) is 35.7 Å². The standard InChI is InChI=1S/C17H21F2NO2S/c1-12(16-8-13(18)5-6-17(16)19)20(2)9-14(21)10-22-11-15-4-3-7-23-15/h3-8,12,14,21H,9-11H2,1-2H3. The smallest absolute Gasteiger partial charge is 0.128 e. The van der Waals surface area contributed by atoms with E-state index in [1.54, 1.807) is 30.2 Å². The number of aliphatic hydroxyl groups is 1. The Morgan fingerprint density at radius 2 is 2.09 bits per heavy atom. The lowest BCUT2D eigenvalue weighted by molar-refractivity contribution is 0.00908. The summed E-state index contributed by atoms with van der Waals surface area (Å²) in [6.07, 6.45) is -0.695. The Balaban J connectivity index is 1.82. The van der Waals surface area contributed by atoms with Crippen molar-refractivity contribution in [3.63, 3.8) is 0 Å². The zero-order valence-electron chi connectivity index (χ0n) is 13.2. The van der Waals surface area contributed by atoms with E-state index in [0.29, 0.717) is 13.2 Å². The van der Waals surface area contributed by atoms with Crippen molar-refractivity contribution >= 4 is 11.3 Å². The van der Waals surface area contributed by atoms with E-state index in [1.165, 1.54) is 6.07 Å². The maximum absolute atomic E-state index is 13.8. The third kappa shape index (κ3) is 5.35. The van der Waals surface area contributed by atoms with Gasteiger partial charge in [0.25, 0.3) is 0 Å². The van der Waals surface area contributed by atoms with Crippen molar-refractivity contribution < 1.29 is 18.6 Å². The van der Waals surface area contributed by atoms with E-state index in [2.05, 4.69) is 0 Å². The van der Waals surface area contributed by atoms with Gasteiger partial charge in [-0.1, -0.05) is 6.07 Å². The summed E-state index contributed by atoms with van der Waals surface area (Å²) in [4.78, 5) is 2.87. The third-order valence-electron chi connectivity index (χ3n) is 3.70. The summed E-state index contributed by atoms with van der Waals surface area (Å²) >= 11 is 1.60. The summed E-state index contributed by atoms with van der Waals surface area (Å²) in [6, 6.07) is 6.98. The monoisotopic (exact) mass is 341 g/mol. The zero-order valence-corrected chi connectivity index (χ0v) is 14.0. The van der Waals surface area contributed by atoms with Gasteiger partial charge < -0.3 is 9.84 Å². The summed E-state index contributed by atoms with van der Waals surface area (Å²) in [7, 11) is 1.76. The summed E-state index contributed by atoms with van der Waals surface area (Å²) in [5, 5.41) is 12.0. The van der Waals surface area contributed by atoms with Crippen molar-refractivity contribution in [1.82, 2.24) is 4.90 Å². The molecule has 2 unspecified atom stereocenters. The Morgan fingerprint density at radius 3 is 2.78 bits per heavy atom. The van der Waals surface area contributed by atoms with Crippen LogP contribution in [-0.4, -0.2) is 36.3 Å². The Hall–Kier alpha value is -1.34. The molecule has 0 aliphatic carbocycles. The molecule has 1 heterocycles. The first kappa shape index (κ1) is 18.0. The van der Waals surface area contributed by atoms with Crippen molar-refractivity contribution in [2.24, 2.45) is 0 Å². The van der Waals surface area contributed by atoms with Crippen LogP contribution < -0.4 is 0 Å². The van der Waals surface area contributed by atoms with Crippen LogP contribution in [-0.2, 0) is 11.3 Å². The van der Waals surface area contributed by atoms with Crippen LogP contribution in [0.25, 0.3) is 0 Å². The van der Waals surface area contributed by atoms with E-state index in [-0.39, 0.29) is 18.2 Å². The highest BCUT2D eigenvalue weighted by Gasteiger charge is 2.19. The van der Waals surface area contributed by atoms with E-state index in [9.17, 15) is 13.9 Å². The lowest BCUT2D eigenvalue weighted by atomic mass is 10.1. The Kier molecular flexibility index (Phi) is 6.65. The molecular formula is C17H21F2NO2S. The van der Waals surface area contributed by atoms with E-state index in [4.69, 9.17) is 4.74 Å². The van der Waals surface area contributed by atoms with Crippen LogP contribution in [0.4, 0.5) is 8.78 Å². The second-order valence-electron chi connectivity index (χ2n) is 5.53. The molecule has 1 aromatic carbocycles. The SMILES string of the molecule is CC(c1cc(F)ccc1F)N(C)CC(O)COCc1cccs1. The number of halogens is 2. The van der Waals surface area contributed by atoms with Crippen molar-refractivity contribution in [1.29, 1.82) is 0 Å². The van der Waals surface area contributed by atoms with Gasteiger partial charge in [-0.25, -0.2) is 8.78 Å². The number of rotatable bonds is 8. The number of hydrogen-bond acceptors (Lipinski definition) is 4. The number of nitrogens with zero attached hydrogens (tertiary/aromatic N) is 1. The highest BCUT2D eigenvalue weighted by molar-refractivity contribution is 7.09. The second kappa shape index (κ2) is 8.49. The van der Waals surface area contributed by atoms with Crippen LogP contribution >= 0.6 is 11.3 Å². The summed E-state index contributed by atoms with van der Waals surface area (Å²) in [5.41, 5.74) is 0.277. The van der Waals surface area contributed by atoms with Gasteiger partial charge in [-0.3, -0.25) is 4.90 Å². The minimum Gasteiger partial charge on any atom is -0.389 e. The quantitative estimate of drug-likeness (QED) is 0.796. The van der Waals surface area contributed by atoms with Gasteiger partial charge in [0.2, 0.25) is 0 Å². The predicted molar refractivity (Wildman–Crippen MR) is 87.4 cm³/mol. The number of thiophene rings is 1. The lowest BCUT2D eigenvalue weighted by Crippen LogP contribution is -2.34. The molecule has 0 radical (unpaired) electrons.